The van der Waals surface area contributed by atoms with Gasteiger partial charge in [-0.15, -0.1) is 0 Å². The summed E-state index contributed by atoms with van der Waals surface area (Å²) in [6.07, 6.45) is 7.97. The molecule has 5 heterocycles. The van der Waals surface area contributed by atoms with Gasteiger partial charge in [0.1, 0.15) is 12.4 Å². The highest BCUT2D eigenvalue weighted by Crippen LogP contribution is 2.56. The van der Waals surface area contributed by atoms with Crippen molar-refractivity contribution in [3.63, 3.8) is 0 Å². The number of rotatable bonds is 6. The average molecular weight is 543 g/mol. The molecule has 1 saturated carbocycles. The second kappa shape index (κ2) is 9.76. The van der Waals surface area contributed by atoms with Crippen molar-refractivity contribution in [1.29, 1.82) is 0 Å². The fraction of sp³-hybridized carbons (Fsp3) is 0.533. The Morgan fingerprint density at radius 3 is 2.67 bits per heavy atom. The maximum atomic E-state index is 12.2. The van der Waals surface area contributed by atoms with E-state index in [0.717, 1.165) is 62.5 Å². The normalized spacial score (nSPS) is 22.1. The summed E-state index contributed by atoms with van der Waals surface area (Å²) in [4.78, 5) is 31.5. The van der Waals surface area contributed by atoms with E-state index in [9.17, 15) is 4.79 Å². The molecule has 0 bridgehead atoms. The molecule has 3 fully saturated rings. The molecular weight excluding hydrogens is 504 g/mol. The molecule has 1 atom stereocenters. The lowest BCUT2D eigenvalue weighted by Gasteiger charge is -2.41. The van der Waals surface area contributed by atoms with Crippen LogP contribution in [0.15, 0.2) is 37.1 Å². The Morgan fingerprint density at radius 2 is 1.95 bits per heavy atom. The van der Waals surface area contributed by atoms with Crippen LogP contribution >= 0.6 is 0 Å². The van der Waals surface area contributed by atoms with E-state index in [4.69, 9.17) is 14.7 Å². The van der Waals surface area contributed by atoms with Crippen molar-refractivity contribution in [3.05, 3.63) is 48.3 Å². The number of benzene rings is 1. The third-order valence-electron chi connectivity index (χ3n) is 9.41. The fourth-order valence-corrected chi connectivity index (χ4v) is 6.90. The molecule has 3 aliphatic heterocycles. The summed E-state index contributed by atoms with van der Waals surface area (Å²) >= 11 is 0. The fourth-order valence-electron chi connectivity index (χ4n) is 6.90. The van der Waals surface area contributed by atoms with Gasteiger partial charge in [0.25, 0.3) is 0 Å². The van der Waals surface area contributed by atoms with E-state index in [2.05, 4.69) is 51.6 Å². The number of aryl methyl sites for hydroxylation is 1. The zero-order valence-electron chi connectivity index (χ0n) is 23.6. The molecule has 4 aliphatic rings. The molecule has 2 saturated heterocycles. The van der Waals surface area contributed by atoms with Crippen molar-refractivity contribution >= 4 is 28.3 Å². The first kappa shape index (κ1) is 25.3. The molecule has 1 spiro atoms. The van der Waals surface area contributed by atoms with Crippen LogP contribution < -0.4 is 14.5 Å². The van der Waals surface area contributed by atoms with Gasteiger partial charge in [-0.05, 0) is 57.5 Å². The Bertz CT molecular complexity index is 1460. The average Bonchev–Trinajstić information content (AvgIpc) is 3.44. The molecule has 1 aromatic carbocycles. The van der Waals surface area contributed by atoms with Crippen LogP contribution in [0.1, 0.15) is 36.9 Å². The Labute approximate surface area is 235 Å². The first-order chi connectivity index (χ1) is 19.5. The van der Waals surface area contributed by atoms with E-state index in [1.165, 1.54) is 29.1 Å². The molecule has 0 N–H and O–H groups in total. The third-order valence-corrected chi connectivity index (χ3v) is 9.41. The molecule has 10 nitrogen and oxygen atoms in total. The monoisotopic (exact) mass is 542 g/mol. The summed E-state index contributed by atoms with van der Waals surface area (Å²) in [6, 6.07) is 7.31. The van der Waals surface area contributed by atoms with Crippen LogP contribution in [0.3, 0.4) is 0 Å². The lowest BCUT2D eigenvalue weighted by molar-refractivity contribution is -0.126. The number of hydrogen-bond donors (Lipinski definition) is 0. The number of likely N-dealkylation sites (tertiary alicyclic amines) is 1. The van der Waals surface area contributed by atoms with Crippen molar-refractivity contribution < 1.29 is 9.53 Å². The highest BCUT2D eigenvalue weighted by Gasteiger charge is 2.53. The van der Waals surface area contributed by atoms with Crippen molar-refractivity contribution in [2.24, 2.45) is 7.05 Å². The van der Waals surface area contributed by atoms with Crippen LogP contribution in [0.4, 0.5) is 11.5 Å². The Kier molecular flexibility index (Phi) is 6.18. The largest absolute Gasteiger partial charge is 0.462 e. The number of anilines is 2. The van der Waals surface area contributed by atoms with Gasteiger partial charge in [0, 0.05) is 67.9 Å². The predicted molar refractivity (Wildman–Crippen MR) is 155 cm³/mol. The smallest absolute Gasteiger partial charge is 0.318 e. The predicted octanol–water partition coefficient (Wildman–Crippen LogP) is 2.72. The van der Waals surface area contributed by atoms with E-state index >= 15 is 0 Å². The van der Waals surface area contributed by atoms with Gasteiger partial charge < -0.3 is 24.3 Å². The van der Waals surface area contributed by atoms with E-state index < -0.39 is 0 Å². The number of carbonyl (C=O) groups is 1. The van der Waals surface area contributed by atoms with Gasteiger partial charge in [0.2, 0.25) is 5.91 Å². The van der Waals surface area contributed by atoms with E-state index in [1.807, 2.05) is 22.8 Å². The number of ether oxygens (including phenoxy) is 1. The number of fused-ring (bicyclic) bond motifs is 3. The second-order valence-electron chi connectivity index (χ2n) is 11.9. The van der Waals surface area contributed by atoms with Gasteiger partial charge in [-0.2, -0.15) is 15.1 Å². The molecular formula is C30H38N8O2. The van der Waals surface area contributed by atoms with Crippen molar-refractivity contribution in [2.45, 2.75) is 43.7 Å². The summed E-state index contributed by atoms with van der Waals surface area (Å²) in [7, 11) is 4.16. The van der Waals surface area contributed by atoms with Crippen LogP contribution in [-0.2, 0) is 23.8 Å². The highest BCUT2D eigenvalue weighted by molar-refractivity contribution is 5.92. The molecule has 10 heteroatoms. The second-order valence-corrected chi connectivity index (χ2v) is 11.9. The molecule has 1 amide bonds. The maximum Gasteiger partial charge on any atom is 0.318 e. The first-order valence-corrected chi connectivity index (χ1v) is 14.5. The molecule has 0 unspecified atom stereocenters. The van der Waals surface area contributed by atoms with E-state index in [1.54, 1.807) is 0 Å². The van der Waals surface area contributed by atoms with Crippen molar-refractivity contribution in [3.8, 4) is 6.01 Å². The molecule has 1 aliphatic carbocycles. The minimum Gasteiger partial charge on any atom is -0.462 e. The van der Waals surface area contributed by atoms with Crippen LogP contribution in [0.2, 0.25) is 0 Å². The maximum absolute atomic E-state index is 12.2. The van der Waals surface area contributed by atoms with Crippen LogP contribution in [0.5, 0.6) is 6.01 Å². The zero-order chi connectivity index (χ0) is 27.4. The number of amides is 1. The number of carbonyl (C=O) groups excluding carboxylic acids is 1. The number of piperazine rings is 1. The standard InChI is InChI=1S/C30H38N8O2/c1-4-26(39)36-13-15-37(16-14-36)28-27-23(32-29(33-28)40-19-21-7-6-12-34(21)2)18-38(20-30(27)10-11-30)25-9-5-8-24-22(25)17-31-35(24)3/h4-5,8-9,17,21H,1,6-7,10-16,18-20H2,2-3H3/t21-/m0/s1. The summed E-state index contributed by atoms with van der Waals surface area (Å²) < 4.78 is 8.27. The SMILES string of the molecule is C=CC(=O)N1CCN(c2nc(OC[C@@H]3CCCN3C)nc3c2C2(CC2)CN(c2cccc4c2cnn4C)C3)CC1. The van der Waals surface area contributed by atoms with Gasteiger partial charge >= 0.3 is 6.01 Å². The quantitative estimate of drug-likeness (QED) is 0.440. The zero-order valence-corrected chi connectivity index (χ0v) is 23.6. The molecule has 40 heavy (non-hydrogen) atoms. The van der Waals surface area contributed by atoms with Crippen LogP contribution in [0.25, 0.3) is 10.9 Å². The number of nitrogens with zero attached hydrogens (tertiary/aromatic N) is 8. The Morgan fingerprint density at radius 1 is 1.12 bits per heavy atom. The number of hydrogen-bond acceptors (Lipinski definition) is 8. The van der Waals surface area contributed by atoms with E-state index in [0.29, 0.717) is 38.3 Å². The highest BCUT2D eigenvalue weighted by atomic mass is 16.5. The summed E-state index contributed by atoms with van der Waals surface area (Å²) in [5, 5.41) is 5.70. The van der Waals surface area contributed by atoms with Crippen LogP contribution in [0, 0.1) is 0 Å². The van der Waals surface area contributed by atoms with Crippen molar-refractivity contribution in [2.75, 3.05) is 62.7 Å². The molecule has 7 rings (SSSR count). The van der Waals surface area contributed by atoms with Crippen molar-refractivity contribution in [1.82, 2.24) is 29.5 Å². The van der Waals surface area contributed by atoms with E-state index in [-0.39, 0.29) is 11.3 Å². The molecule has 0 radical (unpaired) electrons. The lowest BCUT2D eigenvalue weighted by Crippen LogP contribution is -2.50. The van der Waals surface area contributed by atoms with Gasteiger partial charge in [-0.25, -0.2) is 0 Å². The summed E-state index contributed by atoms with van der Waals surface area (Å²) in [5.74, 6) is 0.996. The summed E-state index contributed by atoms with van der Waals surface area (Å²) in [6.45, 7) is 9.81. The minimum absolute atomic E-state index is 0.00652. The van der Waals surface area contributed by atoms with Gasteiger partial charge in [0.15, 0.2) is 0 Å². The first-order valence-electron chi connectivity index (χ1n) is 14.5. The van der Waals surface area contributed by atoms with Gasteiger partial charge in [-0.3, -0.25) is 9.48 Å². The van der Waals surface area contributed by atoms with Gasteiger partial charge in [-0.1, -0.05) is 12.6 Å². The van der Waals surface area contributed by atoms with Crippen LogP contribution in [-0.4, -0.2) is 94.4 Å². The van der Waals surface area contributed by atoms with Gasteiger partial charge in [0.05, 0.1) is 24.0 Å². The Hall–Kier alpha value is -3.66. The minimum atomic E-state index is -0.00652. The molecule has 2 aromatic heterocycles. The molecule has 210 valence electrons. The number of aromatic nitrogens is 4. The topological polar surface area (TPSA) is 82.9 Å². The lowest BCUT2D eigenvalue weighted by atomic mass is 9.89. The molecule has 3 aromatic rings. The summed E-state index contributed by atoms with van der Waals surface area (Å²) in [5.41, 5.74) is 4.72. The Balaban J connectivity index is 1.25. The third kappa shape index (κ3) is 4.29. The number of likely N-dealkylation sites (N-methyl/N-ethyl adjacent to an activating group) is 1.